The lowest BCUT2D eigenvalue weighted by Gasteiger charge is -2.16. The highest BCUT2D eigenvalue weighted by molar-refractivity contribution is 7.89. The smallest absolute Gasteiger partial charge is 0.321 e. The lowest BCUT2D eigenvalue weighted by atomic mass is 10.1. The topological polar surface area (TPSA) is 90.0 Å². The summed E-state index contributed by atoms with van der Waals surface area (Å²) in [7, 11) is -1.22. The third-order valence-corrected chi connectivity index (χ3v) is 6.08. The normalized spacial score (nSPS) is 11.3. The first kappa shape index (κ1) is 22.2. The zero-order chi connectivity index (χ0) is 20.9. The van der Waals surface area contributed by atoms with Crippen LogP contribution in [-0.2, 0) is 19.6 Å². The molecule has 0 saturated carbocycles. The molecular formula is C18H17Cl2NO6S. The molecule has 0 amide bonds. The van der Waals surface area contributed by atoms with E-state index in [9.17, 15) is 18.0 Å². The lowest BCUT2D eigenvalue weighted by Crippen LogP contribution is -2.33. The van der Waals surface area contributed by atoms with Crippen LogP contribution in [0.4, 0.5) is 0 Å². The molecule has 0 saturated heterocycles. The van der Waals surface area contributed by atoms with E-state index in [1.807, 2.05) is 0 Å². The molecule has 0 heterocycles. The minimum absolute atomic E-state index is 0.0175. The molecule has 0 atom stereocenters. The monoisotopic (exact) mass is 445 g/mol. The van der Waals surface area contributed by atoms with Gasteiger partial charge in [-0.1, -0.05) is 23.2 Å². The van der Waals surface area contributed by atoms with E-state index in [0.717, 1.165) is 4.31 Å². The van der Waals surface area contributed by atoms with E-state index in [1.165, 1.54) is 56.6 Å². The van der Waals surface area contributed by atoms with E-state index in [4.69, 9.17) is 32.7 Å². The van der Waals surface area contributed by atoms with Gasteiger partial charge in [0, 0.05) is 17.6 Å². The first-order valence-corrected chi connectivity index (χ1v) is 10.1. The zero-order valence-electron chi connectivity index (χ0n) is 15.0. The number of carbonyl (C=O) groups is 2. The Labute approximate surface area is 172 Å². The van der Waals surface area contributed by atoms with Gasteiger partial charge in [-0.15, -0.1) is 0 Å². The summed E-state index contributed by atoms with van der Waals surface area (Å²) in [5.41, 5.74) is 0.237. The maximum absolute atomic E-state index is 12.4. The van der Waals surface area contributed by atoms with E-state index in [1.54, 1.807) is 0 Å². The average molecular weight is 446 g/mol. The number of methoxy groups -OCH3 is 1. The van der Waals surface area contributed by atoms with Gasteiger partial charge in [-0.3, -0.25) is 9.59 Å². The van der Waals surface area contributed by atoms with Crippen molar-refractivity contribution in [2.24, 2.45) is 0 Å². The third kappa shape index (κ3) is 5.45. The highest BCUT2D eigenvalue weighted by atomic mass is 35.5. The van der Waals surface area contributed by atoms with Crippen molar-refractivity contribution >= 4 is 45.0 Å². The van der Waals surface area contributed by atoms with Crippen molar-refractivity contribution in [3.63, 3.8) is 0 Å². The predicted molar refractivity (Wildman–Crippen MR) is 105 cm³/mol. The molecule has 2 aromatic carbocycles. The van der Waals surface area contributed by atoms with Crippen molar-refractivity contribution in [1.82, 2.24) is 4.31 Å². The summed E-state index contributed by atoms with van der Waals surface area (Å²) < 4.78 is 35.5. The maximum atomic E-state index is 12.4. The second-order valence-corrected chi connectivity index (χ2v) is 8.54. The first-order valence-electron chi connectivity index (χ1n) is 7.89. The number of ketones is 1. The Morgan fingerprint density at radius 2 is 1.71 bits per heavy atom. The second kappa shape index (κ2) is 9.38. The van der Waals surface area contributed by atoms with E-state index < -0.39 is 34.9 Å². The molecule has 0 unspecified atom stereocenters. The quantitative estimate of drug-likeness (QED) is 0.458. The largest absolute Gasteiger partial charge is 0.495 e. The van der Waals surface area contributed by atoms with Crippen LogP contribution in [0.25, 0.3) is 0 Å². The Bertz CT molecular complexity index is 976. The number of ether oxygens (including phenoxy) is 2. The number of rotatable bonds is 8. The predicted octanol–water partition coefficient (Wildman–Crippen LogP) is 3.05. The van der Waals surface area contributed by atoms with E-state index in [2.05, 4.69) is 0 Å². The van der Waals surface area contributed by atoms with Crippen LogP contribution in [-0.4, -0.2) is 51.8 Å². The number of likely N-dealkylation sites (N-methyl/N-ethyl adjacent to an activating group) is 1. The number of nitrogens with zero attached hydrogens (tertiary/aromatic N) is 1. The molecule has 7 nitrogen and oxygen atoms in total. The second-order valence-electron chi connectivity index (χ2n) is 5.65. The SMILES string of the molecule is COc1ccc(C(=O)COC(=O)CN(C)S(=O)(=O)c2ccc(Cl)cc2)cc1Cl. The van der Waals surface area contributed by atoms with Crippen molar-refractivity contribution in [1.29, 1.82) is 0 Å². The first-order chi connectivity index (χ1) is 13.1. The highest BCUT2D eigenvalue weighted by Gasteiger charge is 2.24. The molecule has 0 aliphatic heterocycles. The molecule has 2 aromatic rings. The summed E-state index contributed by atoms with van der Waals surface area (Å²) >= 11 is 11.7. The van der Waals surface area contributed by atoms with Gasteiger partial charge >= 0.3 is 5.97 Å². The number of halogens is 2. The minimum atomic E-state index is -3.90. The van der Waals surface area contributed by atoms with Crippen molar-refractivity contribution in [2.75, 3.05) is 27.3 Å². The molecular weight excluding hydrogens is 429 g/mol. The van der Waals surface area contributed by atoms with Crippen LogP contribution in [0.3, 0.4) is 0 Å². The Morgan fingerprint density at radius 3 is 2.29 bits per heavy atom. The molecule has 0 aliphatic rings. The number of Topliss-reactive ketones (excluding diaryl/α,β-unsaturated/α-hetero) is 1. The Morgan fingerprint density at radius 1 is 1.07 bits per heavy atom. The van der Waals surface area contributed by atoms with Crippen LogP contribution < -0.4 is 4.74 Å². The van der Waals surface area contributed by atoms with Crippen LogP contribution in [0, 0.1) is 0 Å². The molecule has 0 N–H and O–H groups in total. The number of hydrogen-bond donors (Lipinski definition) is 0. The summed E-state index contributed by atoms with van der Waals surface area (Å²) in [6.45, 7) is -1.10. The molecule has 0 radical (unpaired) electrons. The summed E-state index contributed by atoms with van der Waals surface area (Å²) in [6.07, 6.45) is 0. The van der Waals surface area contributed by atoms with E-state index in [-0.39, 0.29) is 15.5 Å². The van der Waals surface area contributed by atoms with Gasteiger partial charge in [-0.25, -0.2) is 8.42 Å². The molecule has 0 bridgehead atoms. The Kier molecular flexibility index (Phi) is 7.42. The number of esters is 1. The molecule has 0 fully saturated rings. The van der Waals surface area contributed by atoms with Gasteiger partial charge in [0.15, 0.2) is 12.4 Å². The van der Waals surface area contributed by atoms with Crippen LogP contribution >= 0.6 is 23.2 Å². The van der Waals surface area contributed by atoms with Gasteiger partial charge in [0.05, 0.1) is 17.0 Å². The molecule has 150 valence electrons. The summed E-state index contributed by atoms with van der Waals surface area (Å²) in [4.78, 5) is 24.0. The molecule has 0 aromatic heterocycles. The number of carbonyl (C=O) groups excluding carboxylic acids is 2. The van der Waals surface area contributed by atoms with Crippen LogP contribution in [0.15, 0.2) is 47.4 Å². The van der Waals surface area contributed by atoms with Crippen LogP contribution in [0.5, 0.6) is 5.75 Å². The molecule has 10 heteroatoms. The Balaban J connectivity index is 1.95. The third-order valence-electron chi connectivity index (χ3n) is 3.71. The molecule has 0 aliphatic carbocycles. The van der Waals surface area contributed by atoms with Gasteiger partial charge in [-0.05, 0) is 42.5 Å². The van der Waals surface area contributed by atoms with Crippen molar-refractivity contribution < 1.29 is 27.5 Å². The van der Waals surface area contributed by atoms with Crippen molar-refractivity contribution in [3.8, 4) is 5.75 Å². The molecule has 0 spiro atoms. The van der Waals surface area contributed by atoms with Crippen LogP contribution in [0.2, 0.25) is 10.0 Å². The summed E-state index contributed by atoms with van der Waals surface area (Å²) in [5.74, 6) is -0.946. The highest BCUT2D eigenvalue weighted by Crippen LogP contribution is 2.25. The number of benzene rings is 2. The molecule has 2 rings (SSSR count). The van der Waals surface area contributed by atoms with Gasteiger partial charge in [0.25, 0.3) is 0 Å². The average Bonchev–Trinajstić information content (AvgIpc) is 2.66. The van der Waals surface area contributed by atoms with Crippen molar-refractivity contribution in [2.45, 2.75) is 4.90 Å². The number of hydrogen-bond acceptors (Lipinski definition) is 6. The Hall–Kier alpha value is -2.13. The van der Waals surface area contributed by atoms with Crippen LogP contribution in [0.1, 0.15) is 10.4 Å². The molecule has 28 heavy (non-hydrogen) atoms. The standard InChI is InChI=1S/C18H17Cl2NO6S/c1-21(28(24,25)14-6-4-13(19)5-7-14)10-18(23)27-11-16(22)12-3-8-17(26-2)15(20)9-12/h3-9H,10-11H2,1-2H3. The fourth-order valence-electron chi connectivity index (χ4n) is 2.17. The fourth-order valence-corrected chi connectivity index (χ4v) is 3.67. The van der Waals surface area contributed by atoms with Gasteiger partial charge < -0.3 is 9.47 Å². The van der Waals surface area contributed by atoms with Crippen molar-refractivity contribution in [3.05, 3.63) is 58.1 Å². The maximum Gasteiger partial charge on any atom is 0.321 e. The lowest BCUT2D eigenvalue weighted by molar-refractivity contribution is -0.142. The summed E-state index contributed by atoms with van der Waals surface area (Å²) in [5, 5.41) is 0.631. The minimum Gasteiger partial charge on any atom is -0.495 e. The van der Waals surface area contributed by atoms with Gasteiger partial charge in [0.1, 0.15) is 12.3 Å². The van der Waals surface area contributed by atoms with E-state index >= 15 is 0 Å². The van der Waals surface area contributed by atoms with E-state index in [0.29, 0.717) is 10.8 Å². The van der Waals surface area contributed by atoms with Gasteiger partial charge in [-0.2, -0.15) is 4.31 Å². The fraction of sp³-hybridized carbons (Fsp3) is 0.222. The van der Waals surface area contributed by atoms with Gasteiger partial charge in [0.2, 0.25) is 10.0 Å². The zero-order valence-corrected chi connectivity index (χ0v) is 17.3. The summed E-state index contributed by atoms with van der Waals surface area (Å²) in [6, 6.07) is 9.92. The number of sulfonamides is 1.